The Morgan fingerprint density at radius 1 is 1.12 bits per heavy atom. The number of piperazine rings is 1. The molecule has 174 valence electrons. The van der Waals surface area contributed by atoms with E-state index in [1.165, 1.54) is 46.4 Å². The summed E-state index contributed by atoms with van der Waals surface area (Å²) in [6.45, 7) is 8.43. The summed E-state index contributed by atoms with van der Waals surface area (Å²) in [5, 5.41) is 0.207. The second kappa shape index (κ2) is 10.1. The summed E-state index contributed by atoms with van der Waals surface area (Å²) < 4.78 is 32.5. The van der Waals surface area contributed by atoms with E-state index in [-0.39, 0.29) is 28.9 Å². The minimum atomic E-state index is -3.86. The third kappa shape index (κ3) is 5.03. The zero-order valence-corrected chi connectivity index (χ0v) is 20.5. The first kappa shape index (κ1) is 24.4. The smallest absolute Gasteiger partial charge is 0.243 e. The molecule has 0 atom stereocenters. The molecule has 0 aliphatic carbocycles. The van der Waals surface area contributed by atoms with Crippen LogP contribution in [0.5, 0.6) is 5.75 Å². The molecule has 1 saturated heterocycles. The lowest BCUT2D eigenvalue weighted by atomic mass is 10.1. The molecule has 9 heteroatoms. The maximum atomic E-state index is 13.1. The van der Waals surface area contributed by atoms with E-state index in [0.717, 1.165) is 0 Å². The molecule has 1 amide bonds. The normalized spacial score (nSPS) is 14.7. The monoisotopic (exact) mass is 479 g/mol. The SMILES string of the molecule is CCN(CC(=O)N1CCN(c2cccc(C)c2C)CC1)S(=O)(=O)c1ccc(OC)c(Cl)c1. The second-order valence-electron chi connectivity index (χ2n) is 7.81. The maximum absolute atomic E-state index is 13.1. The van der Waals surface area contributed by atoms with Crippen LogP contribution in [0.1, 0.15) is 18.1 Å². The average Bonchev–Trinajstić information content (AvgIpc) is 2.79. The second-order valence-corrected chi connectivity index (χ2v) is 10.2. The summed E-state index contributed by atoms with van der Waals surface area (Å²) in [6, 6.07) is 10.5. The predicted octanol–water partition coefficient (Wildman–Crippen LogP) is 3.32. The third-order valence-corrected chi connectivity index (χ3v) is 8.19. The van der Waals surface area contributed by atoms with E-state index in [1.807, 2.05) is 6.07 Å². The summed E-state index contributed by atoms with van der Waals surface area (Å²) in [6.07, 6.45) is 0. The van der Waals surface area contributed by atoms with Crippen LogP contribution in [0.3, 0.4) is 0 Å². The number of anilines is 1. The lowest BCUT2D eigenvalue weighted by Gasteiger charge is -2.37. The molecule has 7 nitrogen and oxygen atoms in total. The number of halogens is 1. The van der Waals surface area contributed by atoms with Gasteiger partial charge in [0.25, 0.3) is 0 Å². The quantitative estimate of drug-likeness (QED) is 0.609. The van der Waals surface area contributed by atoms with Crippen LogP contribution >= 0.6 is 11.6 Å². The summed E-state index contributed by atoms with van der Waals surface area (Å²) >= 11 is 6.11. The largest absolute Gasteiger partial charge is 0.495 e. The van der Waals surface area contributed by atoms with Gasteiger partial charge >= 0.3 is 0 Å². The van der Waals surface area contributed by atoms with Crippen molar-refractivity contribution in [2.75, 3.05) is 51.3 Å². The molecule has 0 N–H and O–H groups in total. The number of rotatable bonds is 7. The van der Waals surface area contributed by atoms with Crippen LogP contribution < -0.4 is 9.64 Å². The Hall–Kier alpha value is -2.29. The van der Waals surface area contributed by atoms with E-state index in [9.17, 15) is 13.2 Å². The highest BCUT2D eigenvalue weighted by atomic mass is 35.5. The van der Waals surface area contributed by atoms with Crippen LogP contribution in [0.15, 0.2) is 41.3 Å². The van der Waals surface area contributed by atoms with Gasteiger partial charge in [0.15, 0.2) is 0 Å². The maximum Gasteiger partial charge on any atom is 0.243 e. The van der Waals surface area contributed by atoms with Crippen LogP contribution in [-0.4, -0.2) is 69.9 Å². The number of hydrogen-bond acceptors (Lipinski definition) is 5. The van der Waals surface area contributed by atoms with Gasteiger partial charge in [-0.3, -0.25) is 4.79 Å². The molecule has 2 aromatic carbocycles. The molecule has 0 saturated carbocycles. The molecule has 2 aromatic rings. The summed E-state index contributed by atoms with van der Waals surface area (Å²) in [7, 11) is -2.40. The number of ether oxygens (including phenoxy) is 1. The van der Waals surface area contributed by atoms with Gasteiger partial charge in [-0.25, -0.2) is 8.42 Å². The molecular formula is C23H30ClN3O4S. The van der Waals surface area contributed by atoms with E-state index in [0.29, 0.717) is 31.9 Å². The van der Waals surface area contributed by atoms with Gasteiger partial charge in [-0.1, -0.05) is 30.7 Å². The number of carbonyl (C=O) groups excluding carboxylic acids is 1. The van der Waals surface area contributed by atoms with Gasteiger partial charge in [0.1, 0.15) is 5.75 Å². The Morgan fingerprint density at radius 3 is 2.41 bits per heavy atom. The number of methoxy groups -OCH3 is 1. The molecule has 0 unspecified atom stereocenters. The molecule has 0 aromatic heterocycles. The van der Waals surface area contributed by atoms with E-state index < -0.39 is 10.0 Å². The fourth-order valence-corrected chi connectivity index (χ4v) is 5.60. The number of sulfonamides is 1. The molecule has 0 bridgehead atoms. The molecule has 1 heterocycles. The van der Waals surface area contributed by atoms with Gasteiger partial charge < -0.3 is 14.5 Å². The highest BCUT2D eigenvalue weighted by Crippen LogP contribution is 2.28. The standard InChI is InChI=1S/C23H30ClN3O4S/c1-5-27(32(29,30)19-9-10-22(31-4)20(24)15-19)16-23(28)26-13-11-25(12-14-26)21-8-6-7-17(2)18(21)3/h6-10,15H,5,11-14,16H2,1-4H3. The van der Waals surface area contributed by atoms with Gasteiger partial charge in [0, 0.05) is 38.4 Å². The molecule has 1 fully saturated rings. The Bertz CT molecular complexity index is 1080. The Balaban J connectivity index is 1.67. The summed E-state index contributed by atoms with van der Waals surface area (Å²) in [5.74, 6) is 0.196. The van der Waals surface area contributed by atoms with Crippen molar-refractivity contribution in [3.05, 3.63) is 52.5 Å². The van der Waals surface area contributed by atoms with Gasteiger partial charge in [0.05, 0.1) is 23.6 Å². The van der Waals surface area contributed by atoms with Crippen molar-refractivity contribution in [3.63, 3.8) is 0 Å². The van der Waals surface area contributed by atoms with Crippen molar-refractivity contribution in [2.45, 2.75) is 25.7 Å². The first-order valence-corrected chi connectivity index (χ1v) is 12.4. The van der Waals surface area contributed by atoms with Crippen LogP contribution in [-0.2, 0) is 14.8 Å². The molecular weight excluding hydrogens is 450 g/mol. The van der Waals surface area contributed by atoms with E-state index in [2.05, 4.69) is 30.9 Å². The van der Waals surface area contributed by atoms with Crippen molar-refractivity contribution in [3.8, 4) is 5.75 Å². The Labute approximate surface area is 195 Å². The van der Waals surface area contributed by atoms with Crippen molar-refractivity contribution in [1.82, 2.24) is 9.21 Å². The van der Waals surface area contributed by atoms with Crippen molar-refractivity contribution in [1.29, 1.82) is 0 Å². The number of carbonyl (C=O) groups is 1. The van der Waals surface area contributed by atoms with E-state index >= 15 is 0 Å². The first-order chi connectivity index (χ1) is 15.2. The molecule has 32 heavy (non-hydrogen) atoms. The number of nitrogens with zero attached hydrogens (tertiary/aromatic N) is 3. The lowest BCUT2D eigenvalue weighted by molar-refractivity contribution is -0.131. The molecule has 3 rings (SSSR count). The number of aryl methyl sites for hydroxylation is 1. The number of hydrogen-bond donors (Lipinski definition) is 0. The average molecular weight is 480 g/mol. The van der Waals surface area contributed by atoms with Gasteiger partial charge in [-0.05, 0) is 49.2 Å². The predicted molar refractivity (Wildman–Crippen MR) is 127 cm³/mol. The number of benzene rings is 2. The summed E-state index contributed by atoms with van der Waals surface area (Å²) in [4.78, 5) is 17.0. The minimum absolute atomic E-state index is 0.0395. The lowest BCUT2D eigenvalue weighted by Crippen LogP contribution is -2.52. The number of likely N-dealkylation sites (N-methyl/N-ethyl adjacent to an activating group) is 1. The zero-order chi connectivity index (χ0) is 23.5. The van der Waals surface area contributed by atoms with E-state index in [1.54, 1.807) is 11.8 Å². The molecule has 1 aliphatic rings. The van der Waals surface area contributed by atoms with Crippen molar-refractivity contribution < 1.29 is 17.9 Å². The Kier molecular flexibility index (Phi) is 7.69. The van der Waals surface area contributed by atoms with Crippen LogP contribution in [0, 0.1) is 13.8 Å². The highest BCUT2D eigenvalue weighted by Gasteiger charge is 2.29. The Morgan fingerprint density at radius 2 is 1.81 bits per heavy atom. The van der Waals surface area contributed by atoms with Gasteiger partial charge in [-0.2, -0.15) is 4.31 Å². The molecule has 1 aliphatic heterocycles. The van der Waals surface area contributed by atoms with Gasteiger partial charge in [0.2, 0.25) is 15.9 Å². The third-order valence-electron chi connectivity index (χ3n) is 5.97. The highest BCUT2D eigenvalue weighted by molar-refractivity contribution is 7.89. The first-order valence-electron chi connectivity index (χ1n) is 10.6. The molecule has 0 spiro atoms. The molecule has 0 radical (unpaired) electrons. The topological polar surface area (TPSA) is 70.2 Å². The van der Waals surface area contributed by atoms with Crippen LogP contribution in [0.25, 0.3) is 0 Å². The van der Waals surface area contributed by atoms with E-state index in [4.69, 9.17) is 16.3 Å². The zero-order valence-electron chi connectivity index (χ0n) is 19.0. The van der Waals surface area contributed by atoms with Crippen LogP contribution in [0.4, 0.5) is 5.69 Å². The fourth-order valence-electron chi connectivity index (χ4n) is 3.85. The minimum Gasteiger partial charge on any atom is -0.495 e. The van der Waals surface area contributed by atoms with Crippen molar-refractivity contribution in [2.24, 2.45) is 0 Å². The van der Waals surface area contributed by atoms with Gasteiger partial charge in [-0.15, -0.1) is 0 Å². The number of amides is 1. The summed E-state index contributed by atoms with van der Waals surface area (Å²) in [5.41, 5.74) is 3.67. The van der Waals surface area contributed by atoms with Crippen molar-refractivity contribution >= 4 is 33.2 Å². The van der Waals surface area contributed by atoms with Crippen LogP contribution in [0.2, 0.25) is 5.02 Å². The fraction of sp³-hybridized carbons (Fsp3) is 0.435.